The average molecular weight is 276 g/mol. The summed E-state index contributed by atoms with van der Waals surface area (Å²) in [5, 5.41) is 12.4. The highest BCUT2D eigenvalue weighted by Gasteiger charge is 2.40. The maximum Gasteiger partial charge on any atom is 0.315 e. The normalized spacial score (nSPS) is 14.0. The molecule has 3 N–H and O–H groups in total. The van der Waals surface area contributed by atoms with Crippen molar-refractivity contribution in [2.45, 2.75) is 18.8 Å². The summed E-state index contributed by atoms with van der Waals surface area (Å²) in [6.07, 6.45) is 0.321. The van der Waals surface area contributed by atoms with Gasteiger partial charge in [-0.2, -0.15) is 0 Å². The van der Waals surface area contributed by atoms with Crippen LogP contribution in [0.3, 0.4) is 0 Å². The van der Waals surface area contributed by atoms with Gasteiger partial charge in [0.25, 0.3) is 0 Å². The SMILES string of the molecule is Cc1csc(CC(CN)(C(=O)O)c2ccccc2)n1. The van der Waals surface area contributed by atoms with E-state index in [2.05, 4.69) is 4.98 Å². The molecule has 1 aromatic carbocycles. The van der Waals surface area contributed by atoms with Crippen LogP contribution >= 0.6 is 11.3 Å². The second kappa shape index (κ2) is 5.50. The highest BCUT2D eigenvalue weighted by molar-refractivity contribution is 7.09. The smallest absolute Gasteiger partial charge is 0.315 e. The minimum Gasteiger partial charge on any atom is -0.481 e. The third-order valence-electron chi connectivity index (χ3n) is 3.20. The van der Waals surface area contributed by atoms with E-state index in [1.165, 1.54) is 11.3 Å². The molecule has 19 heavy (non-hydrogen) atoms. The van der Waals surface area contributed by atoms with E-state index >= 15 is 0 Å². The minimum atomic E-state index is -1.11. The van der Waals surface area contributed by atoms with Gasteiger partial charge in [0.05, 0.1) is 5.01 Å². The first kappa shape index (κ1) is 13.7. The molecule has 1 unspecified atom stereocenters. The van der Waals surface area contributed by atoms with Crippen LogP contribution in [0.25, 0.3) is 0 Å². The molecular weight excluding hydrogens is 260 g/mol. The molecule has 100 valence electrons. The summed E-state index contributed by atoms with van der Waals surface area (Å²) < 4.78 is 0. The van der Waals surface area contributed by atoms with Gasteiger partial charge in [-0.15, -0.1) is 11.3 Å². The molecule has 0 aliphatic rings. The topological polar surface area (TPSA) is 76.2 Å². The molecule has 0 radical (unpaired) electrons. The van der Waals surface area contributed by atoms with Crippen molar-refractivity contribution in [1.82, 2.24) is 4.98 Å². The summed E-state index contributed by atoms with van der Waals surface area (Å²) in [6.45, 7) is 1.94. The highest BCUT2D eigenvalue weighted by Crippen LogP contribution is 2.29. The standard InChI is InChI=1S/C14H16N2O2S/c1-10-8-19-12(16-10)7-14(9-15,13(17)18)11-5-3-2-4-6-11/h2-6,8H,7,9,15H2,1H3,(H,17,18). The van der Waals surface area contributed by atoms with Crippen LogP contribution in [0.2, 0.25) is 0 Å². The Morgan fingerprint density at radius 2 is 2.11 bits per heavy atom. The number of carboxylic acids is 1. The van der Waals surface area contributed by atoms with Crippen molar-refractivity contribution in [3.63, 3.8) is 0 Å². The number of aliphatic carboxylic acids is 1. The Bertz CT molecular complexity index is 568. The third kappa shape index (κ3) is 2.67. The highest BCUT2D eigenvalue weighted by atomic mass is 32.1. The van der Waals surface area contributed by atoms with E-state index in [0.717, 1.165) is 16.3 Å². The van der Waals surface area contributed by atoms with E-state index < -0.39 is 11.4 Å². The van der Waals surface area contributed by atoms with Crippen molar-refractivity contribution >= 4 is 17.3 Å². The van der Waals surface area contributed by atoms with Gasteiger partial charge in [0.1, 0.15) is 5.41 Å². The number of hydrogen-bond acceptors (Lipinski definition) is 4. The van der Waals surface area contributed by atoms with Gasteiger partial charge in [-0.05, 0) is 12.5 Å². The Morgan fingerprint density at radius 1 is 1.42 bits per heavy atom. The first-order valence-electron chi connectivity index (χ1n) is 5.98. The Kier molecular flexibility index (Phi) is 3.97. The van der Waals surface area contributed by atoms with E-state index in [1.54, 1.807) is 12.1 Å². The van der Waals surface area contributed by atoms with Crippen molar-refractivity contribution in [1.29, 1.82) is 0 Å². The van der Waals surface area contributed by atoms with Crippen molar-refractivity contribution < 1.29 is 9.90 Å². The van der Waals surface area contributed by atoms with Gasteiger partial charge in [0, 0.05) is 24.0 Å². The lowest BCUT2D eigenvalue weighted by molar-refractivity contribution is -0.143. The maximum absolute atomic E-state index is 11.8. The number of nitrogens with zero attached hydrogens (tertiary/aromatic N) is 1. The number of carbonyl (C=O) groups is 1. The lowest BCUT2D eigenvalue weighted by atomic mass is 9.78. The first-order valence-corrected chi connectivity index (χ1v) is 6.86. The fourth-order valence-corrected chi connectivity index (χ4v) is 2.96. The van der Waals surface area contributed by atoms with E-state index in [9.17, 15) is 9.90 Å². The predicted octanol–water partition coefficient (Wildman–Crippen LogP) is 1.98. The van der Waals surface area contributed by atoms with Crippen LogP contribution in [0.15, 0.2) is 35.7 Å². The largest absolute Gasteiger partial charge is 0.481 e. The molecule has 0 aliphatic heterocycles. The zero-order valence-electron chi connectivity index (χ0n) is 10.7. The van der Waals surface area contributed by atoms with Gasteiger partial charge >= 0.3 is 5.97 Å². The van der Waals surface area contributed by atoms with Crippen molar-refractivity contribution in [2.24, 2.45) is 5.73 Å². The number of carboxylic acid groups (broad SMARTS) is 1. The molecule has 0 amide bonds. The quantitative estimate of drug-likeness (QED) is 0.875. The Hall–Kier alpha value is -1.72. The van der Waals surface area contributed by atoms with E-state index in [-0.39, 0.29) is 6.54 Å². The molecule has 4 nitrogen and oxygen atoms in total. The van der Waals surface area contributed by atoms with Gasteiger partial charge < -0.3 is 10.8 Å². The van der Waals surface area contributed by atoms with Gasteiger partial charge in [0.15, 0.2) is 0 Å². The molecule has 1 atom stereocenters. The summed E-state index contributed by atoms with van der Waals surface area (Å²) in [7, 11) is 0. The molecule has 0 spiro atoms. The van der Waals surface area contributed by atoms with Crippen molar-refractivity contribution in [3.05, 3.63) is 52.0 Å². The second-order valence-electron chi connectivity index (χ2n) is 4.52. The Morgan fingerprint density at radius 3 is 2.58 bits per heavy atom. The summed E-state index contributed by atoms with van der Waals surface area (Å²) in [4.78, 5) is 16.1. The fraction of sp³-hybridized carbons (Fsp3) is 0.286. The van der Waals surface area contributed by atoms with Crippen LogP contribution in [0.4, 0.5) is 0 Å². The van der Waals surface area contributed by atoms with Gasteiger partial charge in [0.2, 0.25) is 0 Å². The average Bonchev–Trinajstić information content (AvgIpc) is 2.82. The molecule has 5 heteroatoms. The molecule has 0 bridgehead atoms. The molecular formula is C14H16N2O2S. The number of nitrogens with two attached hydrogens (primary N) is 1. The summed E-state index contributed by atoms with van der Waals surface area (Å²) in [5.41, 5.74) is 6.31. The summed E-state index contributed by atoms with van der Waals surface area (Å²) >= 11 is 1.47. The zero-order valence-corrected chi connectivity index (χ0v) is 11.5. The molecule has 0 aliphatic carbocycles. The monoisotopic (exact) mass is 276 g/mol. The first-order chi connectivity index (χ1) is 9.08. The lowest BCUT2D eigenvalue weighted by Gasteiger charge is -2.27. The van der Waals surface area contributed by atoms with Crippen LogP contribution in [0.1, 0.15) is 16.3 Å². The van der Waals surface area contributed by atoms with Crippen molar-refractivity contribution in [3.8, 4) is 0 Å². The van der Waals surface area contributed by atoms with E-state index in [1.807, 2.05) is 30.5 Å². The molecule has 0 saturated carbocycles. The maximum atomic E-state index is 11.8. The second-order valence-corrected chi connectivity index (χ2v) is 5.46. The van der Waals surface area contributed by atoms with Crippen LogP contribution < -0.4 is 5.73 Å². The molecule has 0 saturated heterocycles. The molecule has 1 aromatic heterocycles. The fourth-order valence-electron chi connectivity index (χ4n) is 2.08. The lowest BCUT2D eigenvalue weighted by Crippen LogP contribution is -2.44. The van der Waals surface area contributed by atoms with Crippen LogP contribution in [-0.4, -0.2) is 22.6 Å². The molecule has 2 rings (SSSR count). The Labute approximate surface area is 115 Å². The predicted molar refractivity (Wildman–Crippen MR) is 75.4 cm³/mol. The molecule has 1 heterocycles. The van der Waals surface area contributed by atoms with Gasteiger partial charge in [-0.3, -0.25) is 4.79 Å². The van der Waals surface area contributed by atoms with Crippen LogP contribution in [0, 0.1) is 6.92 Å². The Balaban J connectivity index is 2.43. The zero-order chi connectivity index (χ0) is 13.9. The summed E-state index contributed by atoms with van der Waals surface area (Å²) in [6, 6.07) is 9.13. The number of benzene rings is 1. The molecule has 0 fully saturated rings. The third-order valence-corrected chi connectivity index (χ3v) is 4.17. The van der Waals surface area contributed by atoms with Crippen LogP contribution in [0.5, 0.6) is 0 Å². The number of thiazole rings is 1. The van der Waals surface area contributed by atoms with E-state index in [0.29, 0.717) is 6.42 Å². The number of aromatic nitrogens is 1. The van der Waals surface area contributed by atoms with Gasteiger partial charge in [-0.25, -0.2) is 4.98 Å². The van der Waals surface area contributed by atoms with Crippen molar-refractivity contribution in [2.75, 3.05) is 6.54 Å². The number of rotatable bonds is 5. The van der Waals surface area contributed by atoms with Gasteiger partial charge in [-0.1, -0.05) is 30.3 Å². The van der Waals surface area contributed by atoms with Crippen LogP contribution in [-0.2, 0) is 16.6 Å². The minimum absolute atomic E-state index is 0.0466. The number of hydrogen-bond donors (Lipinski definition) is 2. The molecule has 2 aromatic rings. The van der Waals surface area contributed by atoms with E-state index in [4.69, 9.17) is 5.73 Å². The summed E-state index contributed by atoms with van der Waals surface area (Å²) in [5.74, 6) is -0.908. The number of aryl methyl sites for hydroxylation is 1.